The summed E-state index contributed by atoms with van der Waals surface area (Å²) in [5.74, 6) is -2.28. The zero-order valence-corrected chi connectivity index (χ0v) is 10.8. The molecule has 2 heterocycles. The second-order valence-corrected chi connectivity index (χ2v) is 4.23. The van der Waals surface area contributed by atoms with Crippen LogP contribution in [0.3, 0.4) is 0 Å². The molecule has 1 fully saturated rings. The highest BCUT2D eigenvalue weighted by Crippen LogP contribution is 2.23. The monoisotopic (exact) mass is 283 g/mol. The lowest BCUT2D eigenvalue weighted by Crippen LogP contribution is -2.54. The Kier molecular flexibility index (Phi) is 4.14. The number of carboxylic acids is 1. The summed E-state index contributed by atoms with van der Waals surface area (Å²) >= 11 is 0. The van der Waals surface area contributed by atoms with E-state index in [1.807, 2.05) is 0 Å². The largest absolute Gasteiger partial charge is 0.478 e. The van der Waals surface area contributed by atoms with Gasteiger partial charge in [0.05, 0.1) is 19.4 Å². The maximum atomic E-state index is 13.1. The number of nitrogens with one attached hydrogen (secondary N) is 1. The van der Waals surface area contributed by atoms with Gasteiger partial charge in [0.2, 0.25) is 5.91 Å². The van der Waals surface area contributed by atoms with Gasteiger partial charge in [-0.2, -0.15) is 0 Å². The first-order chi connectivity index (χ1) is 9.54. The van der Waals surface area contributed by atoms with Gasteiger partial charge in [-0.15, -0.1) is 0 Å². The zero-order valence-electron chi connectivity index (χ0n) is 10.8. The molecule has 20 heavy (non-hydrogen) atoms. The Morgan fingerprint density at radius 3 is 3.00 bits per heavy atom. The fourth-order valence-electron chi connectivity index (χ4n) is 2.06. The van der Waals surface area contributed by atoms with Crippen LogP contribution in [0.2, 0.25) is 0 Å². The van der Waals surface area contributed by atoms with Gasteiger partial charge in [-0.25, -0.2) is 14.2 Å². The van der Waals surface area contributed by atoms with E-state index in [0.717, 1.165) is 12.3 Å². The predicted octanol–water partition coefficient (Wildman–Crippen LogP) is -0.130. The maximum absolute atomic E-state index is 13.1. The lowest BCUT2D eigenvalue weighted by Gasteiger charge is -2.35. The minimum absolute atomic E-state index is 0.0656. The molecule has 1 atom stereocenters. The van der Waals surface area contributed by atoms with Crippen molar-refractivity contribution in [2.45, 2.75) is 6.04 Å². The Labute approximate surface area is 114 Å². The first-order valence-electron chi connectivity index (χ1n) is 5.99. The second kappa shape index (κ2) is 5.83. The Balaban J connectivity index is 2.42. The Morgan fingerprint density at radius 2 is 2.35 bits per heavy atom. The van der Waals surface area contributed by atoms with Gasteiger partial charge in [-0.3, -0.25) is 4.79 Å². The minimum atomic E-state index is -1.30. The molecular formula is C12H14FN3O4. The molecule has 0 spiro atoms. The number of morpholine rings is 1. The molecule has 1 unspecified atom stereocenters. The molecular weight excluding hydrogens is 269 g/mol. The van der Waals surface area contributed by atoms with E-state index in [2.05, 4.69) is 10.3 Å². The molecule has 2 rings (SSSR count). The van der Waals surface area contributed by atoms with Gasteiger partial charge < -0.3 is 20.1 Å². The average Bonchev–Trinajstić information content (AvgIpc) is 2.46. The van der Waals surface area contributed by atoms with Gasteiger partial charge in [0.25, 0.3) is 0 Å². The van der Waals surface area contributed by atoms with Crippen LogP contribution in [0.15, 0.2) is 12.3 Å². The van der Waals surface area contributed by atoms with Crippen LogP contribution in [-0.2, 0) is 9.53 Å². The van der Waals surface area contributed by atoms with E-state index in [0.29, 0.717) is 13.2 Å². The summed E-state index contributed by atoms with van der Waals surface area (Å²) in [5, 5.41) is 11.6. The fourth-order valence-corrected chi connectivity index (χ4v) is 2.06. The molecule has 1 aromatic rings. The van der Waals surface area contributed by atoms with Crippen molar-refractivity contribution >= 4 is 17.7 Å². The van der Waals surface area contributed by atoms with Crippen molar-refractivity contribution in [3.8, 4) is 0 Å². The number of anilines is 1. The number of hydrogen-bond acceptors (Lipinski definition) is 5. The number of nitrogens with zero attached hydrogens (tertiary/aromatic N) is 2. The highest BCUT2D eigenvalue weighted by molar-refractivity contribution is 5.95. The fraction of sp³-hybridized carbons (Fsp3) is 0.417. The van der Waals surface area contributed by atoms with Crippen molar-refractivity contribution in [1.82, 2.24) is 10.3 Å². The highest BCUT2D eigenvalue weighted by atomic mass is 19.1. The Bertz CT molecular complexity index is 537. The van der Waals surface area contributed by atoms with E-state index in [1.54, 1.807) is 0 Å². The summed E-state index contributed by atoms with van der Waals surface area (Å²) in [6, 6.07) is 0.200. The van der Waals surface area contributed by atoms with E-state index >= 15 is 0 Å². The zero-order chi connectivity index (χ0) is 14.7. The third-order valence-corrected chi connectivity index (χ3v) is 3.01. The second-order valence-electron chi connectivity index (χ2n) is 4.23. The summed E-state index contributed by atoms with van der Waals surface area (Å²) in [4.78, 5) is 28.4. The first kappa shape index (κ1) is 14.2. The lowest BCUT2D eigenvalue weighted by atomic mass is 10.1. The smallest absolute Gasteiger partial charge is 0.339 e. The van der Waals surface area contributed by atoms with Crippen LogP contribution in [0.1, 0.15) is 10.4 Å². The van der Waals surface area contributed by atoms with Gasteiger partial charge in [0, 0.05) is 13.6 Å². The van der Waals surface area contributed by atoms with Gasteiger partial charge in [0.1, 0.15) is 23.2 Å². The van der Waals surface area contributed by atoms with E-state index in [9.17, 15) is 14.0 Å². The molecule has 1 aliphatic heterocycles. The topological polar surface area (TPSA) is 91.8 Å². The number of ether oxygens (including phenoxy) is 1. The van der Waals surface area contributed by atoms with Crippen LogP contribution in [0.25, 0.3) is 0 Å². The van der Waals surface area contributed by atoms with Crippen LogP contribution >= 0.6 is 0 Å². The van der Waals surface area contributed by atoms with Gasteiger partial charge in [0.15, 0.2) is 0 Å². The highest BCUT2D eigenvalue weighted by Gasteiger charge is 2.32. The number of likely N-dealkylation sites (N-methyl/N-ethyl adjacent to an activating group) is 1. The van der Waals surface area contributed by atoms with E-state index in [4.69, 9.17) is 9.84 Å². The lowest BCUT2D eigenvalue weighted by molar-refractivity contribution is -0.124. The molecule has 0 radical (unpaired) electrons. The molecule has 1 aromatic heterocycles. The third kappa shape index (κ3) is 2.69. The van der Waals surface area contributed by atoms with E-state index in [1.165, 1.54) is 11.9 Å². The molecule has 1 amide bonds. The number of aromatic carboxylic acids is 1. The Hall–Kier alpha value is -2.22. The van der Waals surface area contributed by atoms with Crippen molar-refractivity contribution < 1.29 is 23.8 Å². The Morgan fingerprint density at radius 1 is 1.60 bits per heavy atom. The van der Waals surface area contributed by atoms with Crippen LogP contribution in [0.4, 0.5) is 10.2 Å². The molecule has 0 aromatic carbocycles. The summed E-state index contributed by atoms with van der Waals surface area (Å²) in [6.07, 6.45) is 0.929. The number of pyridine rings is 1. The van der Waals surface area contributed by atoms with Gasteiger partial charge in [-0.1, -0.05) is 0 Å². The number of hydrogen-bond donors (Lipinski definition) is 2. The van der Waals surface area contributed by atoms with E-state index < -0.39 is 17.8 Å². The molecule has 2 N–H and O–H groups in total. The normalized spacial score (nSPS) is 18.7. The van der Waals surface area contributed by atoms with Gasteiger partial charge >= 0.3 is 5.97 Å². The molecule has 0 saturated carbocycles. The number of carbonyl (C=O) groups is 2. The standard InChI is InChI=1S/C12H14FN3O4/c1-14-11(17)9-6-20-3-2-16(9)10-8(12(18)19)4-7(13)5-15-10/h4-5,9H,2-3,6H2,1H3,(H,14,17)(H,18,19). The van der Waals surface area contributed by atoms with Crippen molar-refractivity contribution in [2.24, 2.45) is 0 Å². The molecule has 7 nitrogen and oxygen atoms in total. The molecule has 8 heteroatoms. The number of rotatable bonds is 3. The van der Waals surface area contributed by atoms with Crippen molar-refractivity contribution in [2.75, 3.05) is 31.7 Å². The molecule has 0 aliphatic carbocycles. The predicted molar refractivity (Wildman–Crippen MR) is 67.2 cm³/mol. The molecule has 1 saturated heterocycles. The van der Waals surface area contributed by atoms with Crippen LogP contribution < -0.4 is 10.2 Å². The average molecular weight is 283 g/mol. The van der Waals surface area contributed by atoms with Gasteiger partial charge in [-0.05, 0) is 6.07 Å². The number of amides is 1. The quantitative estimate of drug-likeness (QED) is 0.803. The van der Waals surface area contributed by atoms with Crippen molar-refractivity contribution in [1.29, 1.82) is 0 Å². The summed E-state index contributed by atoms with van der Waals surface area (Å²) in [5.41, 5.74) is -0.277. The SMILES string of the molecule is CNC(=O)C1COCCN1c1ncc(F)cc1C(=O)O. The molecule has 0 bridgehead atoms. The molecule has 108 valence electrons. The van der Waals surface area contributed by atoms with Crippen LogP contribution in [0, 0.1) is 5.82 Å². The number of halogens is 1. The first-order valence-corrected chi connectivity index (χ1v) is 5.99. The number of carbonyl (C=O) groups excluding carboxylic acids is 1. The third-order valence-electron chi connectivity index (χ3n) is 3.01. The maximum Gasteiger partial charge on any atom is 0.339 e. The minimum Gasteiger partial charge on any atom is -0.478 e. The summed E-state index contributed by atoms with van der Waals surface area (Å²) < 4.78 is 18.4. The van der Waals surface area contributed by atoms with Crippen LogP contribution in [0.5, 0.6) is 0 Å². The van der Waals surface area contributed by atoms with Crippen molar-refractivity contribution in [3.05, 3.63) is 23.6 Å². The number of carboxylic acid groups (broad SMARTS) is 1. The van der Waals surface area contributed by atoms with E-state index in [-0.39, 0.29) is 23.9 Å². The van der Waals surface area contributed by atoms with Crippen LogP contribution in [-0.4, -0.2) is 54.8 Å². The van der Waals surface area contributed by atoms with Crippen molar-refractivity contribution in [3.63, 3.8) is 0 Å². The molecule has 1 aliphatic rings. The summed E-state index contributed by atoms with van der Waals surface area (Å²) in [7, 11) is 1.48. The number of aromatic nitrogens is 1. The summed E-state index contributed by atoms with van der Waals surface area (Å²) in [6.45, 7) is 0.764.